The minimum absolute atomic E-state index is 0.000776. The van der Waals surface area contributed by atoms with Crippen molar-refractivity contribution in [2.45, 2.75) is 26.7 Å². The highest BCUT2D eigenvalue weighted by Gasteiger charge is 2.07. The molecule has 0 spiro atoms. The van der Waals surface area contributed by atoms with E-state index >= 15 is 0 Å². The molecule has 4 nitrogen and oxygen atoms in total. The molecule has 1 aromatic carbocycles. The number of nitrogens with one attached hydrogen (secondary N) is 1. The summed E-state index contributed by atoms with van der Waals surface area (Å²) in [6, 6.07) is 7.95. The van der Waals surface area contributed by atoms with E-state index in [2.05, 4.69) is 19.2 Å². The number of rotatable bonds is 7. The van der Waals surface area contributed by atoms with Crippen LogP contribution in [0.3, 0.4) is 0 Å². The fourth-order valence-electron chi connectivity index (χ4n) is 1.79. The van der Waals surface area contributed by atoms with E-state index in [1.807, 2.05) is 31.3 Å². The van der Waals surface area contributed by atoms with Crippen molar-refractivity contribution >= 4 is 6.03 Å². The number of methoxy groups -OCH3 is 1. The molecular formula is C16H26N2O2. The van der Waals surface area contributed by atoms with Crippen LogP contribution in [0.25, 0.3) is 0 Å². The smallest absolute Gasteiger partial charge is 0.317 e. The van der Waals surface area contributed by atoms with Crippen LogP contribution < -0.4 is 10.1 Å². The van der Waals surface area contributed by atoms with Crippen molar-refractivity contribution in [2.75, 3.05) is 27.2 Å². The van der Waals surface area contributed by atoms with E-state index < -0.39 is 0 Å². The minimum atomic E-state index is -0.000776. The molecule has 0 bridgehead atoms. The highest BCUT2D eigenvalue weighted by molar-refractivity contribution is 5.73. The Kier molecular flexibility index (Phi) is 6.91. The Morgan fingerprint density at radius 1 is 1.30 bits per heavy atom. The molecule has 0 radical (unpaired) electrons. The van der Waals surface area contributed by atoms with Gasteiger partial charge in [0.2, 0.25) is 0 Å². The van der Waals surface area contributed by atoms with Crippen LogP contribution in [0.2, 0.25) is 0 Å². The quantitative estimate of drug-likeness (QED) is 0.833. The van der Waals surface area contributed by atoms with Gasteiger partial charge in [-0.3, -0.25) is 0 Å². The number of hydrogen-bond donors (Lipinski definition) is 1. The predicted octanol–water partition coefficient (Wildman–Crippen LogP) is 2.93. The second-order valence-electron chi connectivity index (χ2n) is 5.43. The largest absolute Gasteiger partial charge is 0.497 e. The highest BCUT2D eigenvalue weighted by atomic mass is 16.5. The Morgan fingerprint density at radius 2 is 1.95 bits per heavy atom. The zero-order valence-electron chi connectivity index (χ0n) is 13.0. The summed E-state index contributed by atoms with van der Waals surface area (Å²) < 4.78 is 5.12. The van der Waals surface area contributed by atoms with Gasteiger partial charge in [0, 0.05) is 20.1 Å². The van der Waals surface area contributed by atoms with Crippen LogP contribution in [0.4, 0.5) is 4.79 Å². The molecule has 0 unspecified atom stereocenters. The third-order valence-electron chi connectivity index (χ3n) is 3.24. The number of hydrogen-bond acceptors (Lipinski definition) is 2. The van der Waals surface area contributed by atoms with Crippen LogP contribution in [-0.2, 0) is 6.42 Å². The number of likely N-dealkylation sites (N-methyl/N-ethyl adjacent to an activating group) is 1. The number of carbonyl (C=O) groups excluding carboxylic acids is 1. The summed E-state index contributed by atoms with van der Waals surface area (Å²) in [6.07, 6.45) is 1.86. The summed E-state index contributed by atoms with van der Waals surface area (Å²) in [4.78, 5) is 13.6. The van der Waals surface area contributed by atoms with E-state index in [4.69, 9.17) is 4.74 Å². The van der Waals surface area contributed by atoms with Crippen molar-refractivity contribution in [3.8, 4) is 5.75 Å². The summed E-state index contributed by atoms with van der Waals surface area (Å²) >= 11 is 0. The maximum absolute atomic E-state index is 11.8. The number of nitrogens with zero attached hydrogens (tertiary/aromatic N) is 1. The molecule has 0 atom stereocenters. The van der Waals surface area contributed by atoms with Crippen LogP contribution in [0.15, 0.2) is 24.3 Å². The average molecular weight is 278 g/mol. The lowest BCUT2D eigenvalue weighted by molar-refractivity contribution is 0.209. The molecule has 112 valence electrons. The molecule has 0 fully saturated rings. The zero-order chi connectivity index (χ0) is 15.0. The molecule has 0 aliphatic carbocycles. The standard InChI is InChI=1S/C16H26N2O2/c1-13(2)9-11-17-16(19)18(3)12-10-14-5-7-15(20-4)8-6-14/h5-8,13H,9-12H2,1-4H3,(H,17,19). The third-order valence-corrected chi connectivity index (χ3v) is 3.24. The topological polar surface area (TPSA) is 41.6 Å². The van der Waals surface area contributed by atoms with Gasteiger partial charge in [0.15, 0.2) is 0 Å². The molecule has 20 heavy (non-hydrogen) atoms. The van der Waals surface area contributed by atoms with Crippen molar-refractivity contribution in [1.82, 2.24) is 10.2 Å². The summed E-state index contributed by atoms with van der Waals surface area (Å²) in [5, 5.41) is 2.94. The van der Waals surface area contributed by atoms with Crippen LogP contribution in [0.1, 0.15) is 25.8 Å². The summed E-state index contributed by atoms with van der Waals surface area (Å²) in [5.74, 6) is 1.47. The van der Waals surface area contributed by atoms with Gasteiger partial charge in [-0.05, 0) is 36.5 Å². The lowest BCUT2D eigenvalue weighted by Crippen LogP contribution is -2.39. The average Bonchev–Trinajstić information content (AvgIpc) is 2.44. The van der Waals surface area contributed by atoms with Crippen molar-refractivity contribution < 1.29 is 9.53 Å². The van der Waals surface area contributed by atoms with Gasteiger partial charge in [0.25, 0.3) is 0 Å². The Morgan fingerprint density at radius 3 is 2.50 bits per heavy atom. The van der Waals surface area contributed by atoms with Gasteiger partial charge in [0.05, 0.1) is 7.11 Å². The first-order valence-corrected chi connectivity index (χ1v) is 7.14. The van der Waals surface area contributed by atoms with Gasteiger partial charge in [-0.2, -0.15) is 0 Å². The monoisotopic (exact) mass is 278 g/mol. The van der Waals surface area contributed by atoms with Crippen molar-refractivity contribution in [1.29, 1.82) is 0 Å². The van der Waals surface area contributed by atoms with Crippen LogP contribution in [0.5, 0.6) is 5.75 Å². The highest BCUT2D eigenvalue weighted by Crippen LogP contribution is 2.11. The van der Waals surface area contributed by atoms with Crippen molar-refractivity contribution in [2.24, 2.45) is 5.92 Å². The Balaban J connectivity index is 2.30. The van der Waals surface area contributed by atoms with Gasteiger partial charge in [0.1, 0.15) is 5.75 Å². The molecule has 0 aliphatic heterocycles. The van der Waals surface area contributed by atoms with Crippen LogP contribution >= 0.6 is 0 Å². The van der Waals surface area contributed by atoms with Crippen LogP contribution in [-0.4, -0.2) is 38.2 Å². The SMILES string of the molecule is COc1ccc(CCN(C)C(=O)NCCC(C)C)cc1. The van der Waals surface area contributed by atoms with E-state index in [1.54, 1.807) is 12.0 Å². The molecule has 1 N–H and O–H groups in total. The lowest BCUT2D eigenvalue weighted by Gasteiger charge is -2.18. The molecule has 0 aliphatic rings. The molecule has 2 amide bonds. The summed E-state index contributed by atoms with van der Waals surface area (Å²) in [6.45, 7) is 5.75. The van der Waals surface area contributed by atoms with Gasteiger partial charge >= 0.3 is 6.03 Å². The second-order valence-corrected chi connectivity index (χ2v) is 5.43. The van der Waals surface area contributed by atoms with E-state index in [-0.39, 0.29) is 6.03 Å². The van der Waals surface area contributed by atoms with Crippen LogP contribution in [0, 0.1) is 5.92 Å². The number of benzene rings is 1. The lowest BCUT2D eigenvalue weighted by atomic mass is 10.1. The fourth-order valence-corrected chi connectivity index (χ4v) is 1.79. The van der Waals surface area contributed by atoms with Gasteiger partial charge in [-0.25, -0.2) is 4.79 Å². The molecular weight excluding hydrogens is 252 g/mol. The Labute approximate surface area is 122 Å². The maximum atomic E-state index is 11.8. The third kappa shape index (κ3) is 5.95. The molecule has 0 saturated heterocycles. The first-order valence-electron chi connectivity index (χ1n) is 7.14. The normalized spacial score (nSPS) is 10.4. The second kappa shape index (κ2) is 8.46. The molecule has 0 aromatic heterocycles. The summed E-state index contributed by atoms with van der Waals surface area (Å²) in [7, 11) is 3.48. The summed E-state index contributed by atoms with van der Waals surface area (Å²) in [5.41, 5.74) is 1.20. The van der Waals surface area contributed by atoms with Gasteiger partial charge in [-0.1, -0.05) is 26.0 Å². The Bertz CT molecular complexity index is 401. The first kappa shape index (κ1) is 16.3. The maximum Gasteiger partial charge on any atom is 0.317 e. The Hall–Kier alpha value is -1.71. The number of carbonyl (C=O) groups is 1. The van der Waals surface area contributed by atoms with E-state index in [0.29, 0.717) is 12.5 Å². The number of amides is 2. The molecule has 4 heteroatoms. The minimum Gasteiger partial charge on any atom is -0.497 e. The molecule has 0 heterocycles. The predicted molar refractivity (Wildman–Crippen MR) is 82.2 cm³/mol. The number of ether oxygens (including phenoxy) is 1. The zero-order valence-corrected chi connectivity index (χ0v) is 13.0. The fraction of sp³-hybridized carbons (Fsp3) is 0.562. The van der Waals surface area contributed by atoms with Crippen molar-refractivity contribution in [3.05, 3.63) is 29.8 Å². The molecule has 1 rings (SSSR count). The van der Waals surface area contributed by atoms with E-state index in [9.17, 15) is 4.79 Å². The first-order chi connectivity index (χ1) is 9.52. The van der Waals surface area contributed by atoms with E-state index in [0.717, 1.165) is 25.1 Å². The van der Waals surface area contributed by atoms with Gasteiger partial charge < -0.3 is 15.0 Å². The molecule has 0 saturated carbocycles. The van der Waals surface area contributed by atoms with E-state index in [1.165, 1.54) is 5.56 Å². The number of urea groups is 1. The van der Waals surface area contributed by atoms with Gasteiger partial charge in [-0.15, -0.1) is 0 Å². The van der Waals surface area contributed by atoms with Crippen molar-refractivity contribution in [3.63, 3.8) is 0 Å². The molecule has 1 aromatic rings.